The molecule has 1 saturated heterocycles. The number of carbonyl (C=O) groups is 2. The van der Waals surface area contributed by atoms with Crippen molar-refractivity contribution in [2.45, 2.75) is 45.1 Å². The lowest BCUT2D eigenvalue weighted by atomic mass is 9.66. The fourth-order valence-electron chi connectivity index (χ4n) is 2.88. The van der Waals surface area contributed by atoms with E-state index in [9.17, 15) is 9.59 Å². The van der Waals surface area contributed by atoms with Gasteiger partial charge in [-0.2, -0.15) is 0 Å². The van der Waals surface area contributed by atoms with Crippen molar-refractivity contribution >= 4 is 11.9 Å². The molecule has 1 atom stereocenters. The molecule has 1 unspecified atom stereocenters. The number of carboxylic acids is 1. The summed E-state index contributed by atoms with van der Waals surface area (Å²) in [5.41, 5.74) is -0.162. The summed E-state index contributed by atoms with van der Waals surface area (Å²) in [4.78, 5) is 25.0. The molecule has 1 N–H and O–H groups in total. The zero-order valence-corrected chi connectivity index (χ0v) is 10.9. The summed E-state index contributed by atoms with van der Waals surface area (Å²) in [6, 6.07) is 0. The summed E-state index contributed by atoms with van der Waals surface area (Å²) >= 11 is 0. The fourth-order valence-corrected chi connectivity index (χ4v) is 2.88. The molecule has 1 aliphatic heterocycles. The third kappa shape index (κ3) is 2.51. The second kappa shape index (κ2) is 5.26. The first-order valence-corrected chi connectivity index (χ1v) is 6.70. The van der Waals surface area contributed by atoms with E-state index in [0.717, 1.165) is 25.7 Å². The Balaban J connectivity index is 1.96. The highest BCUT2D eigenvalue weighted by atomic mass is 16.5. The number of morpholine rings is 1. The van der Waals surface area contributed by atoms with Crippen molar-refractivity contribution in [1.29, 1.82) is 0 Å². The lowest BCUT2D eigenvalue weighted by Gasteiger charge is -2.45. The highest BCUT2D eigenvalue weighted by Gasteiger charge is 2.45. The van der Waals surface area contributed by atoms with Gasteiger partial charge in [0, 0.05) is 18.5 Å². The Bertz CT molecular complexity index is 332. The van der Waals surface area contributed by atoms with Crippen molar-refractivity contribution in [2.75, 3.05) is 19.7 Å². The standard InChI is InChI=1S/C13H21NO4/c1-2-13(4-3-5-13)12(17)14-6-7-18-10(9-14)8-11(15)16/h10H,2-9H2,1H3,(H,15,16). The van der Waals surface area contributed by atoms with Crippen LogP contribution in [0.3, 0.4) is 0 Å². The molecule has 5 heteroatoms. The molecule has 0 aromatic heterocycles. The number of rotatable bonds is 4. The number of hydrogen-bond acceptors (Lipinski definition) is 3. The average Bonchev–Trinajstić information content (AvgIpc) is 2.27. The van der Waals surface area contributed by atoms with E-state index in [4.69, 9.17) is 9.84 Å². The molecule has 1 heterocycles. The lowest BCUT2D eigenvalue weighted by Crippen LogP contribution is -2.53. The molecule has 5 nitrogen and oxygen atoms in total. The van der Waals surface area contributed by atoms with Gasteiger partial charge in [0.2, 0.25) is 5.91 Å². The minimum Gasteiger partial charge on any atom is -0.481 e. The number of hydrogen-bond donors (Lipinski definition) is 1. The summed E-state index contributed by atoms with van der Waals surface area (Å²) in [6.07, 6.45) is 3.58. The van der Waals surface area contributed by atoms with Crippen LogP contribution in [0.2, 0.25) is 0 Å². The molecular formula is C13H21NO4. The number of carboxylic acid groups (broad SMARTS) is 1. The number of ether oxygens (including phenoxy) is 1. The van der Waals surface area contributed by atoms with Crippen LogP contribution in [0.25, 0.3) is 0 Å². The van der Waals surface area contributed by atoms with Gasteiger partial charge < -0.3 is 14.7 Å². The first-order valence-electron chi connectivity index (χ1n) is 6.70. The maximum atomic E-state index is 12.5. The molecule has 18 heavy (non-hydrogen) atoms. The number of carbonyl (C=O) groups excluding carboxylic acids is 1. The van der Waals surface area contributed by atoms with Crippen molar-refractivity contribution in [3.63, 3.8) is 0 Å². The summed E-state index contributed by atoms with van der Waals surface area (Å²) in [5, 5.41) is 8.77. The highest BCUT2D eigenvalue weighted by Crippen LogP contribution is 2.45. The van der Waals surface area contributed by atoms with E-state index in [1.807, 2.05) is 0 Å². The van der Waals surface area contributed by atoms with E-state index in [-0.39, 0.29) is 23.8 Å². The quantitative estimate of drug-likeness (QED) is 0.821. The highest BCUT2D eigenvalue weighted by molar-refractivity contribution is 5.83. The first-order chi connectivity index (χ1) is 8.57. The van der Waals surface area contributed by atoms with Crippen LogP contribution in [0.15, 0.2) is 0 Å². The van der Waals surface area contributed by atoms with Crippen molar-refractivity contribution < 1.29 is 19.4 Å². The number of amides is 1. The van der Waals surface area contributed by atoms with E-state index in [1.54, 1.807) is 4.90 Å². The monoisotopic (exact) mass is 255 g/mol. The van der Waals surface area contributed by atoms with Crippen LogP contribution < -0.4 is 0 Å². The molecule has 2 fully saturated rings. The third-order valence-corrected chi connectivity index (χ3v) is 4.27. The Hall–Kier alpha value is -1.10. The predicted octanol–water partition coefficient (Wildman–Crippen LogP) is 1.27. The van der Waals surface area contributed by atoms with E-state index >= 15 is 0 Å². The van der Waals surface area contributed by atoms with Crippen LogP contribution in [0.4, 0.5) is 0 Å². The second-order valence-electron chi connectivity index (χ2n) is 5.33. The minimum atomic E-state index is -0.872. The lowest BCUT2D eigenvalue weighted by molar-refractivity contribution is -0.158. The van der Waals surface area contributed by atoms with Gasteiger partial charge in [-0.3, -0.25) is 9.59 Å². The summed E-state index contributed by atoms with van der Waals surface area (Å²) in [6.45, 7) is 3.53. The molecule has 1 aliphatic carbocycles. The first kappa shape index (κ1) is 13.3. The van der Waals surface area contributed by atoms with E-state index in [2.05, 4.69) is 6.92 Å². The molecular weight excluding hydrogens is 234 g/mol. The topological polar surface area (TPSA) is 66.8 Å². The molecule has 2 aliphatic rings. The molecule has 0 aromatic rings. The third-order valence-electron chi connectivity index (χ3n) is 4.27. The largest absolute Gasteiger partial charge is 0.481 e. The molecule has 0 aromatic carbocycles. The number of nitrogens with zero attached hydrogens (tertiary/aromatic N) is 1. The zero-order chi connectivity index (χ0) is 13.2. The fraction of sp³-hybridized carbons (Fsp3) is 0.846. The van der Waals surface area contributed by atoms with Gasteiger partial charge >= 0.3 is 5.97 Å². The van der Waals surface area contributed by atoms with E-state index in [0.29, 0.717) is 19.7 Å². The Morgan fingerprint density at radius 1 is 1.44 bits per heavy atom. The van der Waals surface area contributed by atoms with Gasteiger partial charge in [0.25, 0.3) is 0 Å². The molecule has 2 rings (SSSR count). The Labute approximate surface area is 107 Å². The Morgan fingerprint density at radius 2 is 2.17 bits per heavy atom. The van der Waals surface area contributed by atoms with Crippen LogP contribution in [-0.2, 0) is 14.3 Å². The molecule has 1 amide bonds. The van der Waals surface area contributed by atoms with Crippen molar-refractivity contribution in [3.8, 4) is 0 Å². The van der Waals surface area contributed by atoms with Gasteiger partial charge in [-0.1, -0.05) is 13.3 Å². The second-order valence-corrected chi connectivity index (χ2v) is 5.33. The van der Waals surface area contributed by atoms with E-state index < -0.39 is 5.97 Å². The summed E-state index contributed by atoms with van der Waals surface area (Å²) < 4.78 is 5.39. The van der Waals surface area contributed by atoms with Gasteiger partial charge in [0.15, 0.2) is 0 Å². The molecule has 102 valence electrons. The van der Waals surface area contributed by atoms with Gasteiger partial charge in [0.05, 0.1) is 19.1 Å². The zero-order valence-electron chi connectivity index (χ0n) is 10.9. The van der Waals surface area contributed by atoms with Gasteiger partial charge in [-0.15, -0.1) is 0 Å². The number of aliphatic carboxylic acids is 1. The molecule has 0 radical (unpaired) electrons. The minimum absolute atomic E-state index is 0.0249. The van der Waals surface area contributed by atoms with E-state index in [1.165, 1.54) is 0 Å². The summed E-state index contributed by atoms with van der Waals surface area (Å²) in [7, 11) is 0. The Kier molecular flexibility index (Phi) is 3.90. The van der Waals surface area contributed by atoms with Gasteiger partial charge in [0.1, 0.15) is 0 Å². The van der Waals surface area contributed by atoms with Crippen LogP contribution >= 0.6 is 0 Å². The van der Waals surface area contributed by atoms with Crippen molar-refractivity contribution in [1.82, 2.24) is 4.90 Å². The predicted molar refractivity (Wildman–Crippen MR) is 65.1 cm³/mol. The normalized spacial score (nSPS) is 26.5. The SMILES string of the molecule is CCC1(C(=O)N2CCOC(CC(=O)O)C2)CCC1. The van der Waals surface area contributed by atoms with Crippen molar-refractivity contribution in [3.05, 3.63) is 0 Å². The maximum absolute atomic E-state index is 12.5. The van der Waals surface area contributed by atoms with Crippen LogP contribution in [0.5, 0.6) is 0 Å². The van der Waals surface area contributed by atoms with Gasteiger partial charge in [-0.25, -0.2) is 0 Å². The van der Waals surface area contributed by atoms with Gasteiger partial charge in [-0.05, 0) is 19.3 Å². The smallest absolute Gasteiger partial charge is 0.306 e. The van der Waals surface area contributed by atoms with Crippen LogP contribution in [-0.4, -0.2) is 47.7 Å². The van der Waals surface area contributed by atoms with Crippen LogP contribution in [0.1, 0.15) is 39.0 Å². The van der Waals surface area contributed by atoms with Crippen molar-refractivity contribution in [2.24, 2.45) is 5.41 Å². The molecule has 1 saturated carbocycles. The Morgan fingerprint density at radius 3 is 2.67 bits per heavy atom. The summed E-state index contributed by atoms with van der Waals surface area (Å²) in [5.74, 6) is -0.668. The maximum Gasteiger partial charge on any atom is 0.306 e. The molecule has 0 spiro atoms. The average molecular weight is 255 g/mol. The van der Waals surface area contributed by atoms with Crippen LogP contribution in [0, 0.1) is 5.41 Å². The molecule has 0 bridgehead atoms.